The van der Waals surface area contributed by atoms with E-state index < -0.39 is 0 Å². The lowest BCUT2D eigenvalue weighted by atomic mass is 10.2. The molecular formula is C10H11IN2S. The highest BCUT2D eigenvalue weighted by Gasteiger charge is 2.07. The molecule has 0 amide bonds. The molecule has 2 rings (SSSR count). The van der Waals surface area contributed by atoms with E-state index in [2.05, 4.69) is 56.9 Å². The van der Waals surface area contributed by atoms with Gasteiger partial charge < -0.3 is 3.11 Å². The number of aromatic nitrogens is 1. The van der Waals surface area contributed by atoms with Gasteiger partial charge in [0.2, 0.25) is 0 Å². The largest absolute Gasteiger partial charge is 0.315 e. The second kappa shape index (κ2) is 4.02. The van der Waals surface area contributed by atoms with Crippen molar-refractivity contribution < 1.29 is 0 Å². The van der Waals surface area contributed by atoms with Gasteiger partial charge in [0.05, 0.1) is 44.3 Å². The minimum atomic E-state index is 1.01. The smallest absolute Gasteiger partial charge is 0.0833 e. The Hall–Kier alpha value is -0.360. The summed E-state index contributed by atoms with van der Waals surface area (Å²) in [5, 5.41) is 0. The first-order valence-electron chi connectivity index (χ1n) is 4.49. The van der Waals surface area contributed by atoms with E-state index in [4.69, 9.17) is 0 Å². The van der Waals surface area contributed by atoms with Gasteiger partial charge in [-0.3, -0.25) is 0 Å². The molecule has 74 valence electrons. The van der Waals surface area contributed by atoms with Gasteiger partial charge in [-0.1, -0.05) is 0 Å². The Morgan fingerprint density at radius 1 is 1.50 bits per heavy atom. The SMILES string of the molecule is CCN(I)c1cc2ncsc2cc1C. The molecule has 1 aromatic heterocycles. The van der Waals surface area contributed by atoms with Gasteiger partial charge in [-0.25, -0.2) is 4.98 Å². The average molecular weight is 318 g/mol. The van der Waals surface area contributed by atoms with Crippen LogP contribution in [0.2, 0.25) is 0 Å². The van der Waals surface area contributed by atoms with Crippen LogP contribution in [-0.2, 0) is 0 Å². The van der Waals surface area contributed by atoms with Crippen molar-refractivity contribution in [3.05, 3.63) is 23.2 Å². The minimum absolute atomic E-state index is 1.01. The van der Waals surface area contributed by atoms with Crippen LogP contribution in [0.1, 0.15) is 12.5 Å². The van der Waals surface area contributed by atoms with E-state index in [1.165, 1.54) is 16.0 Å². The summed E-state index contributed by atoms with van der Waals surface area (Å²) in [6.45, 7) is 5.31. The number of hydrogen-bond donors (Lipinski definition) is 0. The molecule has 1 heterocycles. The number of fused-ring (bicyclic) bond motifs is 1. The Kier molecular flexibility index (Phi) is 2.92. The molecule has 0 atom stereocenters. The van der Waals surface area contributed by atoms with Gasteiger partial charge in [0.25, 0.3) is 0 Å². The molecule has 4 heteroatoms. The van der Waals surface area contributed by atoms with Gasteiger partial charge in [-0.2, -0.15) is 0 Å². The van der Waals surface area contributed by atoms with Crippen molar-refractivity contribution in [3.63, 3.8) is 0 Å². The average Bonchev–Trinajstić information content (AvgIpc) is 2.62. The Morgan fingerprint density at radius 2 is 2.29 bits per heavy atom. The van der Waals surface area contributed by atoms with E-state index in [-0.39, 0.29) is 0 Å². The quantitative estimate of drug-likeness (QED) is 0.619. The molecule has 0 unspecified atom stereocenters. The third-order valence-electron chi connectivity index (χ3n) is 2.19. The minimum Gasteiger partial charge on any atom is -0.315 e. The highest BCUT2D eigenvalue weighted by molar-refractivity contribution is 14.1. The van der Waals surface area contributed by atoms with Crippen molar-refractivity contribution in [1.29, 1.82) is 0 Å². The van der Waals surface area contributed by atoms with Gasteiger partial charge in [0, 0.05) is 6.54 Å². The fourth-order valence-electron chi connectivity index (χ4n) is 1.43. The number of benzene rings is 1. The number of rotatable bonds is 2. The first-order valence-corrected chi connectivity index (χ1v) is 6.34. The number of anilines is 1. The Morgan fingerprint density at radius 3 is 3.00 bits per heavy atom. The predicted octanol–water partition coefficient (Wildman–Crippen LogP) is 3.78. The maximum atomic E-state index is 4.33. The van der Waals surface area contributed by atoms with Crippen LogP contribution in [0.25, 0.3) is 10.2 Å². The van der Waals surface area contributed by atoms with Gasteiger partial charge >= 0.3 is 0 Å². The number of hydrogen-bond acceptors (Lipinski definition) is 3. The van der Waals surface area contributed by atoms with Crippen LogP contribution < -0.4 is 3.11 Å². The van der Waals surface area contributed by atoms with Crippen LogP contribution in [0.5, 0.6) is 0 Å². The first-order chi connectivity index (χ1) is 6.72. The van der Waals surface area contributed by atoms with Crippen molar-refractivity contribution in [2.45, 2.75) is 13.8 Å². The fourth-order valence-corrected chi connectivity index (χ4v) is 2.70. The van der Waals surface area contributed by atoms with Crippen LogP contribution in [0, 0.1) is 6.92 Å². The highest BCUT2D eigenvalue weighted by atomic mass is 127. The molecule has 0 aliphatic rings. The summed E-state index contributed by atoms with van der Waals surface area (Å²) >= 11 is 4.03. The lowest BCUT2D eigenvalue weighted by Crippen LogP contribution is -2.08. The van der Waals surface area contributed by atoms with Crippen molar-refractivity contribution >= 4 is 50.1 Å². The molecule has 0 spiro atoms. The summed E-state index contributed by atoms with van der Waals surface area (Å²) in [5.74, 6) is 0. The summed E-state index contributed by atoms with van der Waals surface area (Å²) in [4.78, 5) is 4.33. The van der Waals surface area contributed by atoms with Crippen LogP contribution >= 0.6 is 34.2 Å². The molecule has 0 bridgehead atoms. The van der Waals surface area contributed by atoms with Gasteiger partial charge in [-0.05, 0) is 31.5 Å². The number of thiazole rings is 1. The maximum absolute atomic E-state index is 4.33. The van der Waals surface area contributed by atoms with Crippen molar-refractivity contribution in [1.82, 2.24) is 4.98 Å². The predicted molar refractivity (Wildman–Crippen MR) is 71.4 cm³/mol. The van der Waals surface area contributed by atoms with E-state index in [1.807, 2.05) is 5.51 Å². The molecule has 2 aromatic rings. The van der Waals surface area contributed by atoms with Gasteiger partial charge in [0.1, 0.15) is 0 Å². The Balaban J connectivity index is 2.58. The van der Waals surface area contributed by atoms with Crippen LogP contribution in [0.15, 0.2) is 17.6 Å². The molecule has 0 fully saturated rings. The summed E-state index contributed by atoms with van der Waals surface area (Å²) in [6.07, 6.45) is 0. The summed E-state index contributed by atoms with van der Waals surface area (Å²) in [6, 6.07) is 4.38. The van der Waals surface area contributed by atoms with Gasteiger partial charge in [0.15, 0.2) is 0 Å². The van der Waals surface area contributed by atoms with Crippen LogP contribution in [-0.4, -0.2) is 11.5 Å². The van der Waals surface area contributed by atoms with E-state index in [9.17, 15) is 0 Å². The zero-order chi connectivity index (χ0) is 10.1. The van der Waals surface area contributed by atoms with Crippen LogP contribution in [0.4, 0.5) is 5.69 Å². The van der Waals surface area contributed by atoms with Crippen LogP contribution in [0.3, 0.4) is 0 Å². The lowest BCUT2D eigenvalue weighted by Gasteiger charge is -2.16. The topological polar surface area (TPSA) is 16.1 Å². The second-order valence-electron chi connectivity index (χ2n) is 3.14. The molecule has 2 nitrogen and oxygen atoms in total. The number of halogens is 1. The molecule has 0 aliphatic carbocycles. The van der Waals surface area contributed by atoms with Gasteiger partial charge in [-0.15, -0.1) is 11.3 Å². The molecule has 0 N–H and O–H groups in total. The number of aryl methyl sites for hydroxylation is 1. The summed E-state index contributed by atoms with van der Waals surface area (Å²) < 4.78 is 3.48. The Labute approximate surface area is 101 Å². The molecule has 0 radical (unpaired) electrons. The molecular weight excluding hydrogens is 307 g/mol. The third kappa shape index (κ3) is 1.72. The molecule has 0 aliphatic heterocycles. The van der Waals surface area contributed by atoms with E-state index in [1.54, 1.807) is 11.3 Å². The molecule has 14 heavy (non-hydrogen) atoms. The normalized spacial score (nSPS) is 10.8. The zero-order valence-corrected chi connectivity index (χ0v) is 11.1. The fraction of sp³-hybridized carbons (Fsp3) is 0.300. The molecule has 0 saturated carbocycles. The number of nitrogens with zero attached hydrogens (tertiary/aromatic N) is 2. The van der Waals surface area contributed by atoms with E-state index >= 15 is 0 Å². The Bertz CT molecular complexity index is 452. The molecule has 0 saturated heterocycles. The third-order valence-corrected chi connectivity index (χ3v) is 4.18. The lowest BCUT2D eigenvalue weighted by molar-refractivity contribution is 1.13. The monoisotopic (exact) mass is 318 g/mol. The summed E-state index contributed by atoms with van der Waals surface area (Å²) in [5.41, 5.74) is 5.59. The van der Waals surface area contributed by atoms with E-state index in [0.717, 1.165) is 12.1 Å². The van der Waals surface area contributed by atoms with Crippen molar-refractivity contribution in [2.75, 3.05) is 9.66 Å². The first kappa shape index (κ1) is 10.2. The maximum Gasteiger partial charge on any atom is 0.0833 e. The highest BCUT2D eigenvalue weighted by Crippen LogP contribution is 2.29. The zero-order valence-electron chi connectivity index (χ0n) is 8.12. The molecule has 1 aromatic carbocycles. The van der Waals surface area contributed by atoms with Crippen molar-refractivity contribution in [2.24, 2.45) is 0 Å². The van der Waals surface area contributed by atoms with Crippen molar-refractivity contribution in [3.8, 4) is 0 Å². The standard InChI is InChI=1S/C10H11IN2S/c1-3-13(11)9-5-8-10(4-7(9)2)14-6-12-8/h4-6H,3H2,1-2H3. The second-order valence-corrected chi connectivity index (χ2v) is 5.19. The van der Waals surface area contributed by atoms with E-state index in [0.29, 0.717) is 0 Å². The summed E-state index contributed by atoms with van der Waals surface area (Å²) in [7, 11) is 0.